The zero-order chi connectivity index (χ0) is 24.5. The van der Waals surface area contributed by atoms with E-state index in [9.17, 15) is 14.4 Å². The van der Waals surface area contributed by atoms with Crippen molar-refractivity contribution >= 4 is 41.3 Å². The van der Waals surface area contributed by atoms with Gasteiger partial charge in [0.2, 0.25) is 0 Å². The fourth-order valence-electron chi connectivity index (χ4n) is 2.77. The monoisotopic (exact) mass is 479 g/mol. The summed E-state index contributed by atoms with van der Waals surface area (Å²) < 4.78 is 11.0. The molecule has 9 heteroatoms. The first-order chi connectivity index (χ1) is 16.4. The molecule has 2 amide bonds. The van der Waals surface area contributed by atoms with Crippen LogP contribution < -0.4 is 20.2 Å². The van der Waals surface area contributed by atoms with Gasteiger partial charge in [0.1, 0.15) is 0 Å². The third-order valence-electron chi connectivity index (χ3n) is 4.50. The molecule has 3 rings (SSSR count). The summed E-state index contributed by atoms with van der Waals surface area (Å²) >= 11 is 6.02. The molecule has 0 unspecified atom stereocenters. The van der Waals surface area contributed by atoms with Crippen LogP contribution in [0.4, 0.5) is 5.69 Å². The van der Waals surface area contributed by atoms with Gasteiger partial charge in [-0.1, -0.05) is 35.9 Å². The molecule has 0 aliphatic rings. The molecule has 0 aliphatic carbocycles. The Bertz CT molecular complexity index is 1230. The van der Waals surface area contributed by atoms with Crippen LogP contribution in [0.2, 0.25) is 5.02 Å². The zero-order valence-electron chi connectivity index (χ0n) is 18.5. The van der Waals surface area contributed by atoms with Crippen LogP contribution in [0.1, 0.15) is 28.4 Å². The largest absolute Gasteiger partial charge is 0.490 e. The summed E-state index contributed by atoms with van der Waals surface area (Å²) in [6, 6.07) is 18.3. The van der Waals surface area contributed by atoms with Gasteiger partial charge in [-0.2, -0.15) is 5.10 Å². The van der Waals surface area contributed by atoms with Crippen LogP contribution in [0.3, 0.4) is 0 Å². The molecular weight excluding hydrogens is 458 g/mol. The Morgan fingerprint density at radius 1 is 0.971 bits per heavy atom. The number of benzene rings is 3. The lowest BCUT2D eigenvalue weighted by atomic mass is 10.2. The topological polar surface area (TPSA) is 106 Å². The van der Waals surface area contributed by atoms with Crippen LogP contribution in [0.5, 0.6) is 11.5 Å². The van der Waals surface area contributed by atoms with Crippen molar-refractivity contribution in [1.29, 1.82) is 0 Å². The van der Waals surface area contributed by atoms with Crippen LogP contribution in [0.15, 0.2) is 71.8 Å². The van der Waals surface area contributed by atoms with Crippen molar-refractivity contribution in [2.24, 2.45) is 5.10 Å². The summed E-state index contributed by atoms with van der Waals surface area (Å²) in [5.74, 6) is -1.79. The van der Waals surface area contributed by atoms with Crippen LogP contribution in [-0.4, -0.2) is 30.6 Å². The standard InChI is InChI=1S/C25H22ClN3O5/c1-3-33-22-13-17(10-12-21(22)34-25(32)18-7-5-4-6-8-18)15-27-29-24(31)23(30)28-19-11-9-16(2)20(26)14-19/h4-15H,3H2,1-2H3,(H,28,30)(H,29,31). The summed E-state index contributed by atoms with van der Waals surface area (Å²) in [4.78, 5) is 36.4. The molecule has 0 spiro atoms. The van der Waals surface area contributed by atoms with Gasteiger partial charge in [0, 0.05) is 10.7 Å². The number of hydrazone groups is 1. The van der Waals surface area contributed by atoms with E-state index in [4.69, 9.17) is 21.1 Å². The number of amides is 2. The minimum atomic E-state index is -0.952. The Hall–Kier alpha value is -4.17. The van der Waals surface area contributed by atoms with Crippen molar-refractivity contribution < 1.29 is 23.9 Å². The molecule has 34 heavy (non-hydrogen) atoms. The number of carbonyl (C=O) groups is 3. The second-order valence-electron chi connectivity index (χ2n) is 7.01. The fraction of sp³-hybridized carbons (Fsp3) is 0.120. The molecule has 0 saturated carbocycles. The van der Waals surface area contributed by atoms with Crippen molar-refractivity contribution in [2.45, 2.75) is 13.8 Å². The van der Waals surface area contributed by atoms with E-state index in [2.05, 4.69) is 15.8 Å². The number of ether oxygens (including phenoxy) is 2. The first-order valence-electron chi connectivity index (χ1n) is 10.3. The molecule has 0 radical (unpaired) electrons. The van der Waals surface area contributed by atoms with Gasteiger partial charge < -0.3 is 14.8 Å². The summed E-state index contributed by atoms with van der Waals surface area (Å²) in [6.07, 6.45) is 1.33. The number of aryl methyl sites for hydroxylation is 1. The van der Waals surface area contributed by atoms with Gasteiger partial charge in [0.15, 0.2) is 11.5 Å². The molecule has 0 saturated heterocycles. The molecule has 0 fully saturated rings. The minimum Gasteiger partial charge on any atom is -0.490 e. The molecule has 0 aromatic heterocycles. The Labute approximate surface area is 201 Å². The van der Waals surface area contributed by atoms with Crippen molar-refractivity contribution in [2.75, 3.05) is 11.9 Å². The average Bonchev–Trinajstić information content (AvgIpc) is 2.83. The van der Waals surface area contributed by atoms with E-state index < -0.39 is 17.8 Å². The van der Waals surface area contributed by atoms with Crippen LogP contribution in [-0.2, 0) is 9.59 Å². The number of hydrogen-bond acceptors (Lipinski definition) is 6. The molecule has 0 heterocycles. The number of carbonyl (C=O) groups excluding carboxylic acids is 3. The molecule has 0 bridgehead atoms. The number of rotatable bonds is 7. The molecule has 0 aliphatic heterocycles. The highest BCUT2D eigenvalue weighted by atomic mass is 35.5. The van der Waals surface area contributed by atoms with Crippen LogP contribution >= 0.6 is 11.6 Å². The minimum absolute atomic E-state index is 0.244. The van der Waals surface area contributed by atoms with Crippen LogP contribution in [0, 0.1) is 6.92 Å². The van der Waals surface area contributed by atoms with E-state index in [0.717, 1.165) is 5.56 Å². The van der Waals surface area contributed by atoms with Gasteiger partial charge in [0.25, 0.3) is 0 Å². The van der Waals surface area contributed by atoms with Gasteiger partial charge in [0.05, 0.1) is 18.4 Å². The molecule has 3 aromatic carbocycles. The van der Waals surface area contributed by atoms with E-state index in [1.807, 2.05) is 6.92 Å². The number of nitrogens with one attached hydrogen (secondary N) is 2. The summed E-state index contributed by atoms with van der Waals surface area (Å²) in [6.45, 7) is 3.96. The van der Waals surface area contributed by atoms with Gasteiger partial charge in [-0.25, -0.2) is 10.2 Å². The average molecular weight is 480 g/mol. The van der Waals surface area contributed by atoms with Crippen molar-refractivity contribution in [3.63, 3.8) is 0 Å². The van der Waals surface area contributed by atoms with E-state index in [-0.39, 0.29) is 5.75 Å². The van der Waals surface area contributed by atoms with Crippen molar-refractivity contribution in [3.8, 4) is 11.5 Å². The van der Waals surface area contributed by atoms with E-state index in [1.54, 1.807) is 73.7 Å². The maximum Gasteiger partial charge on any atom is 0.343 e. The maximum atomic E-state index is 12.3. The van der Waals surface area contributed by atoms with Crippen molar-refractivity contribution in [3.05, 3.63) is 88.4 Å². The Morgan fingerprint density at radius 2 is 1.74 bits per heavy atom. The lowest BCUT2D eigenvalue weighted by Gasteiger charge is -2.11. The normalized spacial score (nSPS) is 10.6. The highest BCUT2D eigenvalue weighted by molar-refractivity contribution is 6.39. The lowest BCUT2D eigenvalue weighted by Crippen LogP contribution is -2.32. The highest BCUT2D eigenvalue weighted by Gasteiger charge is 2.14. The van der Waals surface area contributed by atoms with Gasteiger partial charge in [-0.05, 0) is 67.4 Å². The van der Waals surface area contributed by atoms with E-state index in [0.29, 0.717) is 34.2 Å². The fourth-order valence-corrected chi connectivity index (χ4v) is 2.95. The molecule has 174 valence electrons. The SMILES string of the molecule is CCOc1cc(C=NNC(=O)C(=O)Nc2ccc(C)c(Cl)c2)ccc1OC(=O)c1ccccc1. The van der Waals surface area contributed by atoms with E-state index >= 15 is 0 Å². The number of nitrogens with zero attached hydrogens (tertiary/aromatic N) is 1. The van der Waals surface area contributed by atoms with Gasteiger partial charge >= 0.3 is 17.8 Å². The highest BCUT2D eigenvalue weighted by Crippen LogP contribution is 2.29. The number of anilines is 1. The predicted molar refractivity (Wildman–Crippen MR) is 130 cm³/mol. The zero-order valence-corrected chi connectivity index (χ0v) is 19.3. The number of halogens is 1. The van der Waals surface area contributed by atoms with E-state index in [1.165, 1.54) is 6.21 Å². The quantitative estimate of drug-likeness (QED) is 0.172. The lowest BCUT2D eigenvalue weighted by molar-refractivity contribution is -0.136. The third kappa shape index (κ3) is 6.66. The third-order valence-corrected chi connectivity index (χ3v) is 4.90. The summed E-state index contributed by atoms with van der Waals surface area (Å²) in [7, 11) is 0. The smallest absolute Gasteiger partial charge is 0.343 e. The number of hydrogen-bond donors (Lipinski definition) is 2. The predicted octanol–water partition coefficient (Wildman–Crippen LogP) is 4.36. The molecular formula is C25H22ClN3O5. The van der Waals surface area contributed by atoms with Crippen LogP contribution in [0.25, 0.3) is 0 Å². The van der Waals surface area contributed by atoms with Gasteiger partial charge in [-0.15, -0.1) is 0 Å². The van der Waals surface area contributed by atoms with Crippen molar-refractivity contribution in [1.82, 2.24) is 5.43 Å². The molecule has 3 aromatic rings. The second kappa shape index (κ2) is 11.6. The Balaban J connectivity index is 1.62. The Kier molecular flexibility index (Phi) is 8.37. The van der Waals surface area contributed by atoms with Gasteiger partial charge in [-0.3, -0.25) is 9.59 Å². The summed E-state index contributed by atoms with van der Waals surface area (Å²) in [5.41, 5.74) is 4.35. The first-order valence-corrected chi connectivity index (χ1v) is 10.7. The Morgan fingerprint density at radius 3 is 2.44 bits per heavy atom. The molecule has 2 N–H and O–H groups in total. The second-order valence-corrected chi connectivity index (χ2v) is 7.42. The maximum absolute atomic E-state index is 12.3. The number of esters is 1. The molecule has 0 atom stereocenters. The summed E-state index contributed by atoms with van der Waals surface area (Å²) in [5, 5.41) is 6.72. The molecule has 8 nitrogen and oxygen atoms in total. The first kappa shape index (κ1) is 24.5.